The summed E-state index contributed by atoms with van der Waals surface area (Å²) in [4.78, 5) is 18.2. The normalized spacial score (nSPS) is 14.8. The van der Waals surface area contributed by atoms with E-state index >= 15 is 0 Å². The summed E-state index contributed by atoms with van der Waals surface area (Å²) in [5.74, 6) is 0.647. The third kappa shape index (κ3) is 4.80. The zero-order valence-corrected chi connectivity index (χ0v) is 14.2. The van der Waals surface area contributed by atoms with Crippen molar-refractivity contribution in [2.75, 3.05) is 13.1 Å². The van der Waals surface area contributed by atoms with Gasteiger partial charge in [-0.05, 0) is 42.4 Å². The zero-order valence-electron chi connectivity index (χ0n) is 14.2. The highest BCUT2D eigenvalue weighted by molar-refractivity contribution is 5.74. The summed E-state index contributed by atoms with van der Waals surface area (Å²) < 4.78 is 0. The van der Waals surface area contributed by atoms with Crippen molar-refractivity contribution in [3.8, 4) is 6.07 Å². The standard InChI is InChI=1S/C20H22N4O/c21-13-19-7-6-18(14-22-19)15-23-20(25)24-10-8-17(9-11-24)12-16-4-2-1-3-5-16/h1-7,14,17H,8-12,15H2,(H,23,25). The summed E-state index contributed by atoms with van der Waals surface area (Å²) in [6.07, 6.45) is 4.81. The lowest BCUT2D eigenvalue weighted by Gasteiger charge is -2.32. The van der Waals surface area contributed by atoms with E-state index < -0.39 is 0 Å². The first-order valence-corrected chi connectivity index (χ1v) is 8.66. The molecule has 1 N–H and O–H groups in total. The number of piperidine rings is 1. The van der Waals surface area contributed by atoms with Crippen LogP contribution in [0, 0.1) is 17.2 Å². The van der Waals surface area contributed by atoms with Crippen LogP contribution in [-0.4, -0.2) is 29.0 Å². The van der Waals surface area contributed by atoms with Crippen molar-refractivity contribution in [1.29, 1.82) is 5.26 Å². The van der Waals surface area contributed by atoms with E-state index in [1.807, 2.05) is 23.1 Å². The van der Waals surface area contributed by atoms with Crippen LogP contribution in [0.2, 0.25) is 0 Å². The van der Waals surface area contributed by atoms with Crippen molar-refractivity contribution in [3.05, 3.63) is 65.5 Å². The summed E-state index contributed by atoms with van der Waals surface area (Å²) in [5.41, 5.74) is 2.65. The van der Waals surface area contributed by atoms with Crippen molar-refractivity contribution in [3.63, 3.8) is 0 Å². The third-order valence-corrected chi connectivity index (χ3v) is 4.65. The van der Waals surface area contributed by atoms with Gasteiger partial charge < -0.3 is 10.2 Å². The molecule has 1 aromatic carbocycles. The minimum atomic E-state index is -0.0254. The molecule has 0 aliphatic carbocycles. The average molecular weight is 334 g/mol. The molecule has 0 spiro atoms. The Hall–Kier alpha value is -2.87. The van der Waals surface area contributed by atoms with Gasteiger partial charge in [0.05, 0.1) is 0 Å². The minimum Gasteiger partial charge on any atom is -0.334 e. The molecular formula is C20H22N4O. The number of nitrogens with one attached hydrogen (secondary N) is 1. The quantitative estimate of drug-likeness (QED) is 0.934. The second-order valence-corrected chi connectivity index (χ2v) is 6.44. The molecule has 0 bridgehead atoms. The van der Waals surface area contributed by atoms with E-state index in [2.05, 4.69) is 34.6 Å². The van der Waals surface area contributed by atoms with Gasteiger partial charge in [0.25, 0.3) is 0 Å². The lowest BCUT2D eigenvalue weighted by molar-refractivity contribution is 0.170. The maximum Gasteiger partial charge on any atom is 0.317 e. The molecule has 1 fully saturated rings. The highest BCUT2D eigenvalue weighted by atomic mass is 16.2. The number of nitriles is 1. The molecule has 1 aromatic heterocycles. The number of benzene rings is 1. The number of likely N-dealkylation sites (tertiary alicyclic amines) is 1. The first kappa shape index (κ1) is 17.0. The van der Waals surface area contributed by atoms with Crippen molar-refractivity contribution in [2.24, 2.45) is 5.92 Å². The van der Waals surface area contributed by atoms with Crippen LogP contribution in [0.25, 0.3) is 0 Å². The summed E-state index contributed by atoms with van der Waals surface area (Å²) in [7, 11) is 0. The molecule has 0 unspecified atom stereocenters. The molecule has 5 nitrogen and oxygen atoms in total. The Bertz CT molecular complexity index is 729. The lowest BCUT2D eigenvalue weighted by Crippen LogP contribution is -2.44. The maximum atomic E-state index is 12.3. The Kier molecular flexibility index (Phi) is 5.63. The highest BCUT2D eigenvalue weighted by Crippen LogP contribution is 2.21. The summed E-state index contributed by atoms with van der Waals surface area (Å²) in [6, 6.07) is 16.0. The van der Waals surface area contributed by atoms with Gasteiger partial charge in [-0.1, -0.05) is 36.4 Å². The highest BCUT2D eigenvalue weighted by Gasteiger charge is 2.22. The molecule has 2 heterocycles. The molecule has 0 radical (unpaired) electrons. The summed E-state index contributed by atoms with van der Waals surface area (Å²) in [6.45, 7) is 2.03. The van der Waals surface area contributed by atoms with Gasteiger partial charge in [-0.15, -0.1) is 0 Å². The number of nitrogens with zero attached hydrogens (tertiary/aromatic N) is 3. The molecule has 1 aliphatic rings. The smallest absolute Gasteiger partial charge is 0.317 e. The number of pyridine rings is 1. The Morgan fingerprint density at radius 3 is 2.56 bits per heavy atom. The summed E-state index contributed by atoms with van der Waals surface area (Å²) in [5, 5.41) is 11.7. The second-order valence-electron chi connectivity index (χ2n) is 6.44. The predicted molar refractivity (Wildman–Crippen MR) is 95.6 cm³/mol. The fourth-order valence-electron chi connectivity index (χ4n) is 3.17. The van der Waals surface area contributed by atoms with Crippen molar-refractivity contribution >= 4 is 6.03 Å². The Morgan fingerprint density at radius 1 is 1.16 bits per heavy atom. The van der Waals surface area contributed by atoms with Crippen molar-refractivity contribution < 1.29 is 4.79 Å². The van der Waals surface area contributed by atoms with Gasteiger partial charge in [-0.2, -0.15) is 5.26 Å². The topological polar surface area (TPSA) is 69.0 Å². The second kappa shape index (κ2) is 8.29. The SMILES string of the molecule is N#Cc1ccc(CNC(=O)N2CCC(Cc3ccccc3)CC2)cn1. The number of carbonyl (C=O) groups excluding carboxylic acids is 1. The fraction of sp³-hybridized carbons (Fsp3) is 0.350. The van der Waals surface area contributed by atoms with Gasteiger partial charge in [0.15, 0.2) is 0 Å². The van der Waals surface area contributed by atoms with Crippen molar-refractivity contribution in [1.82, 2.24) is 15.2 Å². The number of rotatable bonds is 4. The van der Waals surface area contributed by atoms with E-state index in [1.165, 1.54) is 5.56 Å². The van der Waals surface area contributed by atoms with E-state index in [1.54, 1.807) is 12.3 Å². The number of hydrogen-bond donors (Lipinski definition) is 1. The number of aromatic nitrogens is 1. The Morgan fingerprint density at radius 2 is 1.92 bits per heavy atom. The number of urea groups is 1. The van der Waals surface area contributed by atoms with E-state index in [9.17, 15) is 4.79 Å². The largest absolute Gasteiger partial charge is 0.334 e. The van der Waals surface area contributed by atoms with E-state index in [0.29, 0.717) is 18.2 Å². The molecule has 1 saturated heterocycles. The van der Waals surface area contributed by atoms with Crippen LogP contribution in [0.3, 0.4) is 0 Å². The molecule has 2 amide bonds. The van der Waals surface area contributed by atoms with Gasteiger partial charge in [0.1, 0.15) is 11.8 Å². The van der Waals surface area contributed by atoms with Crippen LogP contribution < -0.4 is 5.32 Å². The van der Waals surface area contributed by atoms with Gasteiger partial charge in [0, 0.05) is 25.8 Å². The predicted octanol–water partition coefficient (Wildman–Crippen LogP) is 3.12. The van der Waals surface area contributed by atoms with E-state index in [0.717, 1.165) is 37.9 Å². The number of carbonyl (C=O) groups is 1. The Labute approximate surface area is 148 Å². The van der Waals surface area contributed by atoms with Gasteiger partial charge in [-0.3, -0.25) is 0 Å². The molecule has 0 atom stereocenters. The van der Waals surface area contributed by atoms with Crippen LogP contribution in [0.15, 0.2) is 48.7 Å². The molecule has 3 rings (SSSR count). The van der Waals surface area contributed by atoms with Crippen LogP contribution in [0.4, 0.5) is 4.79 Å². The fourth-order valence-corrected chi connectivity index (χ4v) is 3.17. The molecule has 128 valence electrons. The molecule has 25 heavy (non-hydrogen) atoms. The first-order valence-electron chi connectivity index (χ1n) is 8.66. The molecular weight excluding hydrogens is 312 g/mol. The van der Waals surface area contributed by atoms with Gasteiger partial charge in [-0.25, -0.2) is 9.78 Å². The van der Waals surface area contributed by atoms with Gasteiger partial charge in [0.2, 0.25) is 0 Å². The molecule has 1 aliphatic heterocycles. The van der Waals surface area contributed by atoms with Crippen LogP contribution in [-0.2, 0) is 13.0 Å². The van der Waals surface area contributed by atoms with Crippen LogP contribution in [0.5, 0.6) is 0 Å². The maximum absolute atomic E-state index is 12.3. The lowest BCUT2D eigenvalue weighted by atomic mass is 9.90. The summed E-state index contributed by atoms with van der Waals surface area (Å²) >= 11 is 0. The monoisotopic (exact) mass is 334 g/mol. The van der Waals surface area contributed by atoms with Crippen LogP contribution >= 0.6 is 0 Å². The molecule has 0 saturated carbocycles. The number of amides is 2. The Balaban J connectivity index is 1.42. The minimum absolute atomic E-state index is 0.0254. The number of hydrogen-bond acceptors (Lipinski definition) is 3. The van der Waals surface area contributed by atoms with Crippen molar-refractivity contribution in [2.45, 2.75) is 25.8 Å². The van der Waals surface area contributed by atoms with Gasteiger partial charge >= 0.3 is 6.03 Å². The third-order valence-electron chi connectivity index (χ3n) is 4.65. The molecule has 2 aromatic rings. The molecule has 5 heteroatoms. The van der Waals surface area contributed by atoms with E-state index in [-0.39, 0.29) is 6.03 Å². The zero-order chi connectivity index (χ0) is 17.5. The van der Waals surface area contributed by atoms with Crippen LogP contribution in [0.1, 0.15) is 29.7 Å². The first-order chi connectivity index (χ1) is 12.2. The average Bonchev–Trinajstić information content (AvgIpc) is 2.68. The van der Waals surface area contributed by atoms with E-state index in [4.69, 9.17) is 5.26 Å².